The van der Waals surface area contributed by atoms with Gasteiger partial charge in [0, 0.05) is 45.8 Å². The van der Waals surface area contributed by atoms with Crippen LogP contribution in [0.25, 0.3) is 16.3 Å². The summed E-state index contributed by atoms with van der Waals surface area (Å²) in [6, 6.07) is 11.3. The zero-order chi connectivity index (χ0) is 28.2. The van der Waals surface area contributed by atoms with Crippen molar-refractivity contribution in [2.75, 3.05) is 23.8 Å². The van der Waals surface area contributed by atoms with Crippen molar-refractivity contribution in [2.24, 2.45) is 0 Å². The predicted molar refractivity (Wildman–Crippen MR) is 159 cm³/mol. The van der Waals surface area contributed by atoms with Crippen molar-refractivity contribution in [2.45, 2.75) is 37.6 Å². The molecule has 0 saturated heterocycles. The number of aromatic nitrogens is 1. The molecule has 1 aliphatic rings. The normalized spacial score (nSPS) is 15.9. The highest BCUT2D eigenvalue weighted by Gasteiger charge is 2.26. The van der Waals surface area contributed by atoms with Gasteiger partial charge in [-0.15, -0.1) is 0 Å². The highest BCUT2D eigenvalue weighted by Crippen LogP contribution is 2.47. The van der Waals surface area contributed by atoms with E-state index in [1.807, 2.05) is 41.0 Å². The molecule has 39 heavy (non-hydrogen) atoms. The molecule has 1 aliphatic heterocycles. The van der Waals surface area contributed by atoms with E-state index in [1.165, 1.54) is 0 Å². The lowest BCUT2D eigenvalue weighted by Crippen LogP contribution is -2.36. The summed E-state index contributed by atoms with van der Waals surface area (Å²) in [5.41, 5.74) is 2.88. The first-order valence-corrected chi connectivity index (χ1v) is 17.0. The monoisotopic (exact) mass is 648 g/mol. The molecule has 0 aliphatic carbocycles. The smallest absolute Gasteiger partial charge is 0.301 e. The van der Waals surface area contributed by atoms with E-state index in [4.69, 9.17) is 31.9 Å². The quantitative estimate of drug-likeness (QED) is 0.107. The average Bonchev–Trinajstić information content (AvgIpc) is 3.37. The Morgan fingerprint density at radius 3 is 2.67 bits per heavy atom. The first kappa shape index (κ1) is 30.5. The van der Waals surface area contributed by atoms with E-state index in [2.05, 4.69) is 24.0 Å². The van der Waals surface area contributed by atoms with Crippen LogP contribution in [-0.4, -0.2) is 40.6 Å². The zero-order valence-electron chi connectivity index (χ0n) is 20.8. The minimum atomic E-state index is -4.31. The maximum absolute atomic E-state index is 11.2. The summed E-state index contributed by atoms with van der Waals surface area (Å²) in [6.45, 7) is 3.11. The molecule has 210 valence electrons. The fourth-order valence-electron chi connectivity index (χ4n) is 4.14. The molecule has 14 heteroatoms. The molecule has 0 saturated carbocycles. The first-order valence-electron chi connectivity index (χ1n) is 12.0. The molecule has 0 fully saturated rings. The Hall–Kier alpha value is -1.48. The Kier molecular flexibility index (Phi) is 10.5. The molecule has 3 aromatic rings. The number of thioether (sulfide) groups is 1. The molecule has 1 atom stereocenters. The Balaban J connectivity index is 1.68. The van der Waals surface area contributed by atoms with Crippen LogP contribution in [0.3, 0.4) is 0 Å². The molecular weight excluding hydrogens is 623 g/mol. The van der Waals surface area contributed by atoms with Gasteiger partial charge in [0.1, 0.15) is 4.70 Å². The van der Waals surface area contributed by atoms with E-state index in [-0.39, 0.29) is 13.0 Å². The van der Waals surface area contributed by atoms with Crippen molar-refractivity contribution in [1.82, 2.24) is 0 Å². The number of halogens is 2. The summed E-state index contributed by atoms with van der Waals surface area (Å²) in [5.74, 6) is -0.439. The molecule has 1 aromatic heterocycles. The standard InChI is InChI=1S/C25H26Cl2N2O6S4/c1-2-17(13-24-28(9-3-11-35-38(30)31)20-15-18(26)5-7-22(20)36-24)14-25-29(10-4-12-39(32,33)34)21-16-19(27)6-8-23(21)37-25/h5-8,13-16H,2-4,9-12H2,1H3,(H-,30,31,32,33,34). The van der Waals surface area contributed by atoms with Gasteiger partial charge in [-0.05, 0) is 54.8 Å². The molecule has 1 N–H and O–H groups in total. The second-order valence-electron chi connectivity index (χ2n) is 8.63. The number of benzene rings is 2. The molecule has 4 rings (SSSR count). The van der Waals surface area contributed by atoms with Crippen LogP contribution in [-0.2, 0) is 32.2 Å². The molecule has 0 amide bonds. The fourth-order valence-corrected chi connectivity index (χ4v) is 7.51. The maximum Gasteiger partial charge on any atom is 0.301 e. The van der Waals surface area contributed by atoms with Gasteiger partial charge in [0.2, 0.25) is 5.52 Å². The van der Waals surface area contributed by atoms with Gasteiger partial charge in [-0.1, -0.05) is 53.2 Å². The third-order valence-corrected chi connectivity index (χ3v) is 9.75. The topological polar surface area (TPSA) is 111 Å². The number of rotatable bonds is 12. The molecule has 2 aromatic carbocycles. The van der Waals surface area contributed by atoms with Crippen LogP contribution in [0, 0.1) is 0 Å². The lowest BCUT2D eigenvalue weighted by Gasteiger charge is -2.20. The van der Waals surface area contributed by atoms with Gasteiger partial charge in [0.15, 0.2) is 6.54 Å². The molecule has 0 bridgehead atoms. The van der Waals surface area contributed by atoms with Crippen molar-refractivity contribution in [3.05, 3.63) is 68.1 Å². The van der Waals surface area contributed by atoms with Crippen LogP contribution in [0.5, 0.6) is 0 Å². The molecule has 2 heterocycles. The van der Waals surface area contributed by atoms with E-state index in [0.29, 0.717) is 29.6 Å². The van der Waals surface area contributed by atoms with E-state index in [9.17, 15) is 17.2 Å². The van der Waals surface area contributed by atoms with Crippen molar-refractivity contribution < 1.29 is 30.5 Å². The summed E-state index contributed by atoms with van der Waals surface area (Å²) >= 11 is 13.4. The largest absolute Gasteiger partial charge is 0.748 e. The maximum atomic E-state index is 11.2. The summed E-state index contributed by atoms with van der Waals surface area (Å²) in [7, 11) is -4.31. The predicted octanol–water partition coefficient (Wildman–Crippen LogP) is 6.22. The summed E-state index contributed by atoms with van der Waals surface area (Å²) in [5, 5.41) is 3.09. The van der Waals surface area contributed by atoms with Crippen LogP contribution in [0.15, 0.2) is 58.0 Å². The van der Waals surface area contributed by atoms with Gasteiger partial charge in [0.25, 0.3) is 5.01 Å². The number of nitrogens with zero attached hydrogens (tertiary/aromatic N) is 2. The number of hydrogen-bond acceptors (Lipinski definition) is 8. The second kappa shape index (κ2) is 13.5. The molecule has 1 unspecified atom stereocenters. The van der Waals surface area contributed by atoms with Crippen molar-refractivity contribution in [1.29, 1.82) is 0 Å². The van der Waals surface area contributed by atoms with Crippen LogP contribution >= 0.6 is 46.3 Å². The Bertz CT molecular complexity index is 1560. The van der Waals surface area contributed by atoms with Crippen LogP contribution in [0.2, 0.25) is 10.0 Å². The number of anilines is 1. The molecule has 0 radical (unpaired) electrons. The van der Waals surface area contributed by atoms with E-state index in [0.717, 1.165) is 42.8 Å². The SMILES string of the molecule is CCC(=Cc1sc2ccc(Cl)cc2[n+]1CCCS(=O)(=O)[O-])C=C1Sc2ccc(Cl)cc2N1CCCOS(=O)O. The van der Waals surface area contributed by atoms with Gasteiger partial charge >= 0.3 is 11.4 Å². The number of hydrogen-bond donors (Lipinski definition) is 1. The Morgan fingerprint density at radius 2 is 1.95 bits per heavy atom. The lowest BCUT2D eigenvalue weighted by molar-refractivity contribution is -0.668. The molecule has 8 nitrogen and oxygen atoms in total. The van der Waals surface area contributed by atoms with Gasteiger partial charge in [-0.25, -0.2) is 8.42 Å². The zero-order valence-corrected chi connectivity index (χ0v) is 25.6. The Morgan fingerprint density at radius 1 is 1.21 bits per heavy atom. The van der Waals surface area contributed by atoms with E-state index in [1.54, 1.807) is 23.1 Å². The van der Waals surface area contributed by atoms with Gasteiger partial charge in [-0.2, -0.15) is 8.78 Å². The Labute approximate surface area is 248 Å². The molecule has 0 spiro atoms. The number of thiazole rings is 1. The third-order valence-electron chi connectivity index (χ3n) is 5.90. The minimum Gasteiger partial charge on any atom is -0.748 e. The average molecular weight is 650 g/mol. The van der Waals surface area contributed by atoms with Crippen LogP contribution in [0.4, 0.5) is 5.69 Å². The van der Waals surface area contributed by atoms with Crippen LogP contribution in [0.1, 0.15) is 31.2 Å². The second-order valence-corrected chi connectivity index (χ2v) is 13.8. The minimum absolute atomic E-state index is 0.132. The third kappa shape index (κ3) is 8.27. The number of aryl methyl sites for hydroxylation is 1. The summed E-state index contributed by atoms with van der Waals surface area (Å²) in [4.78, 5) is 3.18. The highest BCUT2D eigenvalue weighted by atomic mass is 35.5. The molecular formula is C25H26Cl2N2O6S4. The van der Waals surface area contributed by atoms with Crippen LogP contribution < -0.4 is 9.47 Å². The lowest BCUT2D eigenvalue weighted by atomic mass is 10.2. The van der Waals surface area contributed by atoms with Crippen molar-refractivity contribution in [3.8, 4) is 0 Å². The van der Waals surface area contributed by atoms with Gasteiger partial charge in [0.05, 0.1) is 27.4 Å². The summed E-state index contributed by atoms with van der Waals surface area (Å²) in [6.07, 6.45) is 5.63. The van der Waals surface area contributed by atoms with Gasteiger partial charge < -0.3 is 9.45 Å². The van der Waals surface area contributed by atoms with Crippen molar-refractivity contribution in [3.63, 3.8) is 0 Å². The van der Waals surface area contributed by atoms with Crippen molar-refractivity contribution >= 4 is 89.8 Å². The number of allylic oxidation sites excluding steroid dienone is 2. The van der Waals surface area contributed by atoms with Gasteiger partial charge in [-0.3, -0.25) is 8.74 Å². The fraction of sp³-hybridized carbons (Fsp3) is 0.320. The first-order chi connectivity index (χ1) is 18.5. The summed E-state index contributed by atoms with van der Waals surface area (Å²) < 4.78 is 61.2. The highest BCUT2D eigenvalue weighted by molar-refractivity contribution is 8.03. The number of fused-ring (bicyclic) bond motifs is 2. The van der Waals surface area contributed by atoms with E-state index < -0.39 is 27.2 Å². The van der Waals surface area contributed by atoms with E-state index >= 15 is 0 Å².